The van der Waals surface area contributed by atoms with E-state index in [1.807, 2.05) is 4.57 Å². The van der Waals surface area contributed by atoms with Gasteiger partial charge in [0.25, 0.3) is 0 Å². The summed E-state index contributed by atoms with van der Waals surface area (Å²) >= 11 is 0. The minimum absolute atomic E-state index is 0.0128. The third-order valence-corrected chi connectivity index (χ3v) is 3.66. The predicted molar refractivity (Wildman–Crippen MR) is 61.7 cm³/mol. The highest BCUT2D eigenvalue weighted by molar-refractivity contribution is 4.83. The second kappa shape index (κ2) is 5.43. The van der Waals surface area contributed by atoms with Crippen LogP contribution in [0.1, 0.15) is 44.9 Å². The third kappa shape index (κ3) is 2.82. The Balaban J connectivity index is 1.82. The molecule has 4 heteroatoms. The van der Waals surface area contributed by atoms with Gasteiger partial charge in [0.1, 0.15) is 12.9 Å². The van der Waals surface area contributed by atoms with Crippen LogP contribution in [-0.4, -0.2) is 19.9 Å². The first-order chi connectivity index (χ1) is 7.79. The summed E-state index contributed by atoms with van der Waals surface area (Å²) in [6.07, 6.45) is 8.40. The molecule has 2 atom stereocenters. The predicted octanol–water partition coefficient (Wildman–Crippen LogP) is 1.99. The van der Waals surface area contributed by atoms with Gasteiger partial charge in [-0.2, -0.15) is 0 Å². The molecule has 0 aliphatic heterocycles. The van der Waals surface area contributed by atoms with E-state index in [1.54, 1.807) is 6.33 Å². The number of rotatable bonds is 4. The molecule has 1 saturated carbocycles. The van der Waals surface area contributed by atoms with E-state index in [-0.39, 0.29) is 6.61 Å². The molecule has 1 aliphatic carbocycles. The molecule has 4 nitrogen and oxygen atoms in total. The van der Waals surface area contributed by atoms with E-state index in [4.69, 9.17) is 5.11 Å². The summed E-state index contributed by atoms with van der Waals surface area (Å²) in [6, 6.07) is 0. The van der Waals surface area contributed by atoms with Crippen molar-refractivity contribution in [3.8, 4) is 0 Å². The van der Waals surface area contributed by atoms with Gasteiger partial charge >= 0.3 is 0 Å². The van der Waals surface area contributed by atoms with Crippen LogP contribution in [0.2, 0.25) is 0 Å². The molecule has 1 heterocycles. The zero-order valence-corrected chi connectivity index (χ0v) is 9.97. The molecule has 16 heavy (non-hydrogen) atoms. The highest BCUT2D eigenvalue weighted by Crippen LogP contribution is 2.30. The Morgan fingerprint density at radius 1 is 1.50 bits per heavy atom. The van der Waals surface area contributed by atoms with Gasteiger partial charge in [0.05, 0.1) is 0 Å². The summed E-state index contributed by atoms with van der Waals surface area (Å²) < 4.78 is 1.97. The summed E-state index contributed by atoms with van der Waals surface area (Å²) in [4.78, 5) is 0. The molecule has 2 rings (SSSR count). The van der Waals surface area contributed by atoms with Crippen LogP contribution in [0.5, 0.6) is 0 Å². The van der Waals surface area contributed by atoms with Crippen molar-refractivity contribution >= 4 is 0 Å². The summed E-state index contributed by atoms with van der Waals surface area (Å²) in [5.74, 6) is 2.42. The Bertz CT molecular complexity index is 324. The van der Waals surface area contributed by atoms with Gasteiger partial charge < -0.3 is 9.67 Å². The van der Waals surface area contributed by atoms with E-state index in [9.17, 15) is 0 Å². The van der Waals surface area contributed by atoms with Gasteiger partial charge in [0, 0.05) is 6.54 Å². The smallest absolute Gasteiger partial charge is 0.158 e. The number of hydrogen-bond acceptors (Lipinski definition) is 3. The maximum absolute atomic E-state index is 9.06. The van der Waals surface area contributed by atoms with Crippen LogP contribution in [0.15, 0.2) is 6.33 Å². The fraction of sp³-hybridized carbons (Fsp3) is 0.833. The van der Waals surface area contributed by atoms with Gasteiger partial charge in [0.15, 0.2) is 5.82 Å². The van der Waals surface area contributed by atoms with Crippen molar-refractivity contribution in [1.29, 1.82) is 0 Å². The fourth-order valence-electron chi connectivity index (χ4n) is 2.73. The maximum atomic E-state index is 9.06. The molecule has 1 fully saturated rings. The summed E-state index contributed by atoms with van der Waals surface area (Å²) in [7, 11) is 0. The molecular weight excluding hydrogens is 202 g/mol. The number of nitrogens with zero attached hydrogens (tertiary/aromatic N) is 3. The molecule has 0 spiro atoms. The summed E-state index contributed by atoms with van der Waals surface area (Å²) in [6.45, 7) is 3.28. The molecule has 1 aliphatic rings. The minimum atomic E-state index is -0.0128. The van der Waals surface area contributed by atoms with E-state index in [2.05, 4.69) is 17.1 Å². The van der Waals surface area contributed by atoms with Gasteiger partial charge in [-0.05, 0) is 24.7 Å². The minimum Gasteiger partial charge on any atom is -0.388 e. The standard InChI is InChI=1S/C12H21N3O/c1-10-3-2-4-11(7-10)5-6-15-9-13-14-12(15)8-16/h9-11,16H,2-8H2,1H3. The van der Waals surface area contributed by atoms with Crippen molar-refractivity contribution in [1.82, 2.24) is 14.8 Å². The SMILES string of the molecule is CC1CCCC(CCn2cnnc2CO)C1. The summed E-state index contributed by atoms with van der Waals surface area (Å²) in [5, 5.41) is 16.8. The molecule has 0 saturated heterocycles. The highest BCUT2D eigenvalue weighted by Gasteiger charge is 2.18. The lowest BCUT2D eigenvalue weighted by molar-refractivity contribution is 0.247. The molecule has 0 bridgehead atoms. The first-order valence-electron chi connectivity index (χ1n) is 6.27. The normalized spacial score (nSPS) is 25.9. The Morgan fingerprint density at radius 2 is 2.38 bits per heavy atom. The van der Waals surface area contributed by atoms with Crippen LogP contribution in [0.3, 0.4) is 0 Å². The first-order valence-corrected chi connectivity index (χ1v) is 6.27. The largest absolute Gasteiger partial charge is 0.388 e. The number of aromatic nitrogens is 3. The molecular formula is C12H21N3O. The molecule has 1 aromatic rings. The van der Waals surface area contributed by atoms with Crippen molar-refractivity contribution in [2.24, 2.45) is 11.8 Å². The van der Waals surface area contributed by atoms with Crippen LogP contribution < -0.4 is 0 Å². The average molecular weight is 223 g/mol. The van der Waals surface area contributed by atoms with Gasteiger partial charge in [-0.3, -0.25) is 0 Å². The second-order valence-corrected chi connectivity index (χ2v) is 5.03. The van der Waals surface area contributed by atoms with E-state index < -0.39 is 0 Å². The van der Waals surface area contributed by atoms with Crippen molar-refractivity contribution in [2.45, 2.75) is 52.2 Å². The Labute approximate surface area is 96.7 Å². The zero-order valence-electron chi connectivity index (χ0n) is 9.97. The van der Waals surface area contributed by atoms with Crippen LogP contribution in [-0.2, 0) is 13.2 Å². The third-order valence-electron chi connectivity index (χ3n) is 3.66. The van der Waals surface area contributed by atoms with Crippen molar-refractivity contribution in [2.75, 3.05) is 0 Å². The number of hydrogen-bond donors (Lipinski definition) is 1. The van der Waals surface area contributed by atoms with Crippen molar-refractivity contribution in [3.05, 3.63) is 12.2 Å². The lowest BCUT2D eigenvalue weighted by Crippen LogP contribution is -2.15. The highest BCUT2D eigenvalue weighted by atomic mass is 16.3. The molecule has 90 valence electrons. The number of aliphatic hydroxyl groups excluding tert-OH is 1. The van der Waals surface area contributed by atoms with Gasteiger partial charge in [0.2, 0.25) is 0 Å². The number of aliphatic hydroxyl groups is 1. The monoisotopic (exact) mass is 223 g/mol. The van der Waals surface area contributed by atoms with Gasteiger partial charge in [-0.25, -0.2) is 0 Å². The van der Waals surface area contributed by atoms with Crippen molar-refractivity contribution < 1.29 is 5.11 Å². The molecule has 2 unspecified atom stereocenters. The molecule has 0 aromatic carbocycles. The van der Waals surface area contributed by atoms with Crippen LogP contribution in [0.25, 0.3) is 0 Å². The van der Waals surface area contributed by atoms with Crippen LogP contribution in [0.4, 0.5) is 0 Å². The zero-order chi connectivity index (χ0) is 11.4. The van der Waals surface area contributed by atoms with E-state index >= 15 is 0 Å². The molecule has 0 amide bonds. The fourth-order valence-corrected chi connectivity index (χ4v) is 2.73. The lowest BCUT2D eigenvalue weighted by atomic mass is 9.81. The number of aryl methyl sites for hydroxylation is 1. The lowest BCUT2D eigenvalue weighted by Gasteiger charge is -2.26. The molecule has 0 radical (unpaired) electrons. The maximum Gasteiger partial charge on any atom is 0.158 e. The Kier molecular flexibility index (Phi) is 3.93. The molecule has 1 N–H and O–H groups in total. The van der Waals surface area contributed by atoms with Crippen LogP contribution in [0, 0.1) is 11.8 Å². The first kappa shape index (κ1) is 11.6. The quantitative estimate of drug-likeness (QED) is 0.849. The average Bonchev–Trinajstić information content (AvgIpc) is 2.74. The second-order valence-electron chi connectivity index (χ2n) is 5.03. The van der Waals surface area contributed by atoms with E-state index in [0.29, 0.717) is 5.82 Å². The van der Waals surface area contributed by atoms with E-state index in [0.717, 1.165) is 18.4 Å². The Morgan fingerprint density at radius 3 is 3.12 bits per heavy atom. The van der Waals surface area contributed by atoms with E-state index in [1.165, 1.54) is 32.1 Å². The molecule has 1 aromatic heterocycles. The van der Waals surface area contributed by atoms with Crippen molar-refractivity contribution in [3.63, 3.8) is 0 Å². The van der Waals surface area contributed by atoms with Gasteiger partial charge in [-0.1, -0.05) is 26.2 Å². The Hall–Kier alpha value is -0.900. The van der Waals surface area contributed by atoms with Gasteiger partial charge in [-0.15, -0.1) is 10.2 Å². The topological polar surface area (TPSA) is 50.9 Å². The van der Waals surface area contributed by atoms with Crippen LogP contribution >= 0.6 is 0 Å². The summed E-state index contributed by atoms with van der Waals surface area (Å²) in [5.41, 5.74) is 0.